The molecule has 2 fully saturated rings. The lowest BCUT2D eigenvalue weighted by Crippen LogP contribution is -2.31. The Kier molecular flexibility index (Phi) is 3.97. The van der Waals surface area contributed by atoms with E-state index in [1.807, 2.05) is 0 Å². The number of benzene rings is 1. The van der Waals surface area contributed by atoms with Crippen LogP contribution in [0.1, 0.15) is 36.0 Å². The number of non-ortho nitro benzene ring substituents is 1. The second kappa shape index (κ2) is 5.75. The van der Waals surface area contributed by atoms with Crippen LogP contribution in [-0.2, 0) is 0 Å². The van der Waals surface area contributed by atoms with E-state index in [1.165, 1.54) is 37.8 Å². The highest BCUT2D eigenvalue weighted by Crippen LogP contribution is 2.47. The predicted molar refractivity (Wildman–Crippen MR) is 82.1 cm³/mol. The molecule has 0 saturated heterocycles. The standard InChI is InChI=1S/C15H17BrN2O3/c16-14-4-3-12(18(20)21)7-13(14)15(19)17-8-11-6-9-1-2-10(11)5-9/h3-4,7,9-11H,1-2,5-6,8H2,(H,17,19). The molecular weight excluding hydrogens is 336 g/mol. The van der Waals surface area contributed by atoms with Gasteiger partial charge in [0.05, 0.1) is 10.5 Å². The molecule has 0 spiro atoms. The molecule has 2 saturated carbocycles. The first-order valence-electron chi connectivity index (χ1n) is 7.26. The third kappa shape index (κ3) is 2.95. The molecule has 0 heterocycles. The lowest BCUT2D eigenvalue weighted by atomic mass is 9.89. The number of fused-ring (bicyclic) bond motifs is 2. The van der Waals surface area contributed by atoms with E-state index in [0.717, 1.165) is 11.8 Å². The van der Waals surface area contributed by atoms with Crippen LogP contribution in [0.25, 0.3) is 0 Å². The molecule has 3 atom stereocenters. The van der Waals surface area contributed by atoms with Crippen molar-refractivity contribution in [3.05, 3.63) is 38.3 Å². The average molecular weight is 353 g/mol. The summed E-state index contributed by atoms with van der Waals surface area (Å²) in [6.07, 6.45) is 5.14. The van der Waals surface area contributed by atoms with Gasteiger partial charge in [-0.2, -0.15) is 0 Å². The number of nitrogens with one attached hydrogen (secondary N) is 1. The fourth-order valence-corrected chi connectivity index (χ4v) is 4.17. The Morgan fingerprint density at radius 1 is 1.38 bits per heavy atom. The molecule has 1 aromatic rings. The quantitative estimate of drug-likeness (QED) is 0.665. The molecule has 6 heteroatoms. The molecule has 3 unspecified atom stereocenters. The van der Waals surface area contributed by atoms with Gasteiger partial charge in [0.2, 0.25) is 0 Å². The number of nitro benzene ring substituents is 1. The molecule has 21 heavy (non-hydrogen) atoms. The van der Waals surface area contributed by atoms with Crippen LogP contribution in [0.5, 0.6) is 0 Å². The van der Waals surface area contributed by atoms with Crippen molar-refractivity contribution in [2.24, 2.45) is 17.8 Å². The largest absolute Gasteiger partial charge is 0.352 e. The zero-order valence-electron chi connectivity index (χ0n) is 11.5. The number of carbonyl (C=O) groups is 1. The van der Waals surface area contributed by atoms with Crippen LogP contribution in [0, 0.1) is 27.9 Å². The summed E-state index contributed by atoms with van der Waals surface area (Å²) in [6, 6.07) is 4.25. The first-order chi connectivity index (χ1) is 10.0. The van der Waals surface area contributed by atoms with Crippen molar-refractivity contribution in [2.75, 3.05) is 6.54 Å². The van der Waals surface area contributed by atoms with Crippen LogP contribution < -0.4 is 5.32 Å². The van der Waals surface area contributed by atoms with E-state index in [9.17, 15) is 14.9 Å². The first kappa shape index (κ1) is 14.5. The van der Waals surface area contributed by atoms with Crippen molar-refractivity contribution >= 4 is 27.5 Å². The fourth-order valence-electron chi connectivity index (χ4n) is 3.75. The summed E-state index contributed by atoms with van der Waals surface area (Å²) in [5.41, 5.74) is 0.260. The number of hydrogen-bond donors (Lipinski definition) is 1. The summed E-state index contributed by atoms with van der Waals surface area (Å²) in [7, 11) is 0. The first-order valence-corrected chi connectivity index (χ1v) is 8.06. The molecule has 1 aromatic carbocycles. The molecule has 2 aliphatic rings. The van der Waals surface area contributed by atoms with Gasteiger partial charge in [0, 0.05) is 23.2 Å². The van der Waals surface area contributed by atoms with Gasteiger partial charge >= 0.3 is 0 Å². The van der Waals surface area contributed by atoms with Gasteiger partial charge in [-0.25, -0.2) is 0 Å². The number of halogens is 1. The van der Waals surface area contributed by atoms with Crippen LogP contribution in [0.15, 0.2) is 22.7 Å². The van der Waals surface area contributed by atoms with Crippen molar-refractivity contribution in [2.45, 2.75) is 25.7 Å². The minimum atomic E-state index is -0.487. The molecule has 5 nitrogen and oxygen atoms in total. The minimum absolute atomic E-state index is 0.0664. The maximum absolute atomic E-state index is 12.2. The van der Waals surface area contributed by atoms with Crippen LogP contribution in [-0.4, -0.2) is 17.4 Å². The number of rotatable bonds is 4. The maximum atomic E-state index is 12.2. The summed E-state index contributed by atoms with van der Waals surface area (Å²) in [5.74, 6) is 1.93. The highest BCUT2D eigenvalue weighted by Gasteiger charge is 2.39. The average Bonchev–Trinajstić information content (AvgIpc) is 3.07. The minimum Gasteiger partial charge on any atom is -0.352 e. The lowest BCUT2D eigenvalue weighted by molar-refractivity contribution is -0.384. The Balaban J connectivity index is 1.65. The third-order valence-electron chi connectivity index (χ3n) is 4.81. The molecule has 2 aliphatic carbocycles. The molecule has 0 aromatic heterocycles. The fraction of sp³-hybridized carbons (Fsp3) is 0.533. The Labute approximate surface area is 131 Å². The van der Waals surface area contributed by atoms with E-state index in [1.54, 1.807) is 6.07 Å². The molecule has 0 aliphatic heterocycles. The van der Waals surface area contributed by atoms with E-state index in [0.29, 0.717) is 22.5 Å². The van der Waals surface area contributed by atoms with E-state index in [-0.39, 0.29) is 11.6 Å². The highest BCUT2D eigenvalue weighted by molar-refractivity contribution is 9.10. The van der Waals surface area contributed by atoms with Crippen molar-refractivity contribution < 1.29 is 9.72 Å². The molecule has 0 radical (unpaired) electrons. The molecular formula is C15H17BrN2O3. The van der Waals surface area contributed by atoms with Crippen LogP contribution in [0.3, 0.4) is 0 Å². The van der Waals surface area contributed by atoms with Gasteiger partial charge in [-0.15, -0.1) is 0 Å². The Hall–Kier alpha value is -1.43. The topological polar surface area (TPSA) is 72.2 Å². The van der Waals surface area contributed by atoms with Gasteiger partial charge in [-0.1, -0.05) is 6.42 Å². The molecule has 112 valence electrons. The lowest BCUT2D eigenvalue weighted by Gasteiger charge is -2.21. The van der Waals surface area contributed by atoms with Crippen molar-refractivity contribution in [1.82, 2.24) is 5.32 Å². The summed E-state index contributed by atoms with van der Waals surface area (Å²) < 4.78 is 0.582. The van der Waals surface area contributed by atoms with Gasteiger partial charge in [0.15, 0.2) is 0 Å². The van der Waals surface area contributed by atoms with Crippen LogP contribution in [0.4, 0.5) is 5.69 Å². The Morgan fingerprint density at radius 3 is 2.81 bits per heavy atom. The summed E-state index contributed by atoms with van der Waals surface area (Å²) >= 11 is 3.28. The molecule has 1 amide bonds. The Morgan fingerprint density at radius 2 is 2.19 bits per heavy atom. The second-order valence-corrected chi connectivity index (χ2v) is 6.92. The SMILES string of the molecule is O=C(NCC1CC2CCC1C2)c1cc([N+](=O)[O-])ccc1Br. The third-order valence-corrected chi connectivity index (χ3v) is 5.51. The Bertz CT molecular complexity index is 590. The molecule has 3 rings (SSSR count). The predicted octanol–water partition coefficient (Wildman–Crippen LogP) is 3.52. The van der Waals surface area contributed by atoms with Crippen molar-refractivity contribution in [3.8, 4) is 0 Å². The normalized spacial score (nSPS) is 26.8. The van der Waals surface area contributed by atoms with E-state index < -0.39 is 4.92 Å². The molecule has 1 N–H and O–H groups in total. The van der Waals surface area contributed by atoms with E-state index >= 15 is 0 Å². The van der Waals surface area contributed by atoms with Gasteiger partial charge in [0.25, 0.3) is 11.6 Å². The van der Waals surface area contributed by atoms with Gasteiger partial charge in [-0.05, 0) is 59.0 Å². The number of nitro groups is 1. The van der Waals surface area contributed by atoms with Gasteiger partial charge in [0.1, 0.15) is 0 Å². The van der Waals surface area contributed by atoms with Crippen LogP contribution >= 0.6 is 15.9 Å². The number of carbonyl (C=O) groups excluding carboxylic acids is 1. The van der Waals surface area contributed by atoms with Gasteiger partial charge in [-0.3, -0.25) is 14.9 Å². The zero-order chi connectivity index (χ0) is 15.0. The highest BCUT2D eigenvalue weighted by atomic mass is 79.9. The van der Waals surface area contributed by atoms with Crippen molar-refractivity contribution in [3.63, 3.8) is 0 Å². The summed E-state index contributed by atoms with van der Waals surface area (Å²) in [6.45, 7) is 0.676. The van der Waals surface area contributed by atoms with Crippen LogP contribution in [0.2, 0.25) is 0 Å². The summed E-state index contributed by atoms with van der Waals surface area (Å²) in [5, 5.41) is 13.7. The zero-order valence-corrected chi connectivity index (χ0v) is 13.1. The maximum Gasteiger partial charge on any atom is 0.270 e. The van der Waals surface area contributed by atoms with E-state index in [2.05, 4.69) is 21.2 Å². The van der Waals surface area contributed by atoms with E-state index in [4.69, 9.17) is 0 Å². The van der Waals surface area contributed by atoms with Gasteiger partial charge < -0.3 is 5.32 Å². The molecule has 2 bridgehead atoms. The number of hydrogen-bond acceptors (Lipinski definition) is 3. The van der Waals surface area contributed by atoms with Crippen molar-refractivity contribution in [1.29, 1.82) is 0 Å². The number of amides is 1. The number of nitrogens with zero attached hydrogens (tertiary/aromatic N) is 1. The summed E-state index contributed by atoms with van der Waals surface area (Å²) in [4.78, 5) is 22.6. The smallest absolute Gasteiger partial charge is 0.270 e. The monoisotopic (exact) mass is 352 g/mol. The second-order valence-electron chi connectivity index (χ2n) is 6.07.